The summed E-state index contributed by atoms with van der Waals surface area (Å²) in [4.78, 5) is 16.7. The second-order valence-corrected chi connectivity index (χ2v) is 9.17. The van der Waals surface area contributed by atoms with Gasteiger partial charge in [-0.3, -0.25) is 9.48 Å². The van der Waals surface area contributed by atoms with Crippen LogP contribution in [-0.4, -0.2) is 41.4 Å². The maximum atomic E-state index is 12.4. The summed E-state index contributed by atoms with van der Waals surface area (Å²) in [6, 6.07) is 8.66. The number of nitrogens with zero attached hydrogens (tertiary/aromatic N) is 3. The molecule has 7 nitrogen and oxygen atoms in total. The van der Waals surface area contributed by atoms with Crippen LogP contribution < -0.4 is 5.32 Å². The third-order valence-electron chi connectivity index (χ3n) is 4.41. The number of fused-ring (bicyclic) bond motifs is 1. The number of hydrogen-bond donors (Lipinski definition) is 1. The van der Waals surface area contributed by atoms with Crippen molar-refractivity contribution in [3.63, 3.8) is 0 Å². The van der Waals surface area contributed by atoms with Crippen molar-refractivity contribution in [2.45, 2.75) is 25.9 Å². The van der Waals surface area contributed by atoms with Gasteiger partial charge < -0.3 is 5.32 Å². The second kappa shape index (κ2) is 8.34. The Morgan fingerprint density at radius 2 is 1.97 bits per heavy atom. The second-order valence-electron chi connectivity index (χ2n) is 6.84. The summed E-state index contributed by atoms with van der Waals surface area (Å²) in [7, 11) is -3.25. The quantitative estimate of drug-likeness (QED) is 0.644. The van der Waals surface area contributed by atoms with Crippen LogP contribution in [0.3, 0.4) is 0 Å². The molecular formula is C20H21ClN4O3S. The summed E-state index contributed by atoms with van der Waals surface area (Å²) in [5, 5.41) is 9.63. The third-order valence-corrected chi connectivity index (χ3v) is 5.41. The fraction of sp³-hybridized carbons (Fsp3) is 0.250. The molecule has 3 rings (SSSR count). The molecule has 0 fully saturated rings. The highest BCUT2D eigenvalue weighted by Crippen LogP contribution is 2.28. The number of benzene rings is 1. The van der Waals surface area contributed by atoms with Crippen molar-refractivity contribution in [3.8, 4) is 0 Å². The Morgan fingerprint density at radius 3 is 2.66 bits per heavy atom. The lowest BCUT2D eigenvalue weighted by atomic mass is 10.1. The van der Waals surface area contributed by atoms with Gasteiger partial charge in [0.25, 0.3) is 5.91 Å². The van der Waals surface area contributed by atoms with Gasteiger partial charge in [-0.15, -0.1) is 0 Å². The van der Waals surface area contributed by atoms with Gasteiger partial charge in [0.1, 0.15) is 5.69 Å². The Hall–Kier alpha value is -2.71. The van der Waals surface area contributed by atoms with E-state index in [0.29, 0.717) is 5.02 Å². The molecule has 0 aliphatic heterocycles. The molecule has 0 saturated heterocycles. The summed E-state index contributed by atoms with van der Waals surface area (Å²) in [5.41, 5.74) is 1.94. The topological polar surface area (TPSA) is 94.0 Å². The standard InChI is InChI=1S/C20H21ClN4O3S/c1-13(8-9-29(3,27)28)24-20(26)18-10-15-11-23-25(19(15)12-22-18)14(2)16-6-4-5-7-17(16)21/h4-14H,1-3H3,(H,24,26)/b9-8+/t13-,14+/m1/s1. The van der Waals surface area contributed by atoms with Gasteiger partial charge in [0, 0.05) is 28.1 Å². The number of nitrogens with one attached hydrogen (secondary N) is 1. The summed E-state index contributed by atoms with van der Waals surface area (Å²) < 4.78 is 24.2. The molecule has 2 heterocycles. The van der Waals surface area contributed by atoms with E-state index in [4.69, 9.17) is 11.6 Å². The Morgan fingerprint density at radius 1 is 1.24 bits per heavy atom. The van der Waals surface area contributed by atoms with Crippen molar-refractivity contribution < 1.29 is 13.2 Å². The van der Waals surface area contributed by atoms with E-state index in [1.807, 2.05) is 35.9 Å². The molecule has 0 radical (unpaired) electrons. The van der Waals surface area contributed by atoms with E-state index in [9.17, 15) is 13.2 Å². The monoisotopic (exact) mass is 432 g/mol. The molecule has 0 unspecified atom stereocenters. The minimum Gasteiger partial charge on any atom is -0.345 e. The van der Waals surface area contributed by atoms with Gasteiger partial charge in [0.05, 0.1) is 24.0 Å². The number of hydrogen-bond acceptors (Lipinski definition) is 5. The minimum atomic E-state index is -3.25. The van der Waals surface area contributed by atoms with Crippen LogP contribution in [0.4, 0.5) is 0 Å². The molecule has 0 saturated carbocycles. The van der Waals surface area contributed by atoms with Gasteiger partial charge in [0.15, 0.2) is 9.84 Å². The van der Waals surface area contributed by atoms with Crippen LogP contribution in [0.5, 0.6) is 0 Å². The largest absolute Gasteiger partial charge is 0.345 e. The summed E-state index contributed by atoms with van der Waals surface area (Å²) in [6.45, 7) is 3.67. The lowest BCUT2D eigenvalue weighted by Crippen LogP contribution is -2.31. The molecule has 0 spiro atoms. The molecule has 152 valence electrons. The summed E-state index contributed by atoms with van der Waals surface area (Å²) >= 11 is 6.30. The zero-order chi connectivity index (χ0) is 21.2. The molecule has 0 aliphatic rings. The fourth-order valence-electron chi connectivity index (χ4n) is 2.91. The van der Waals surface area contributed by atoms with Crippen molar-refractivity contribution in [3.05, 3.63) is 70.5 Å². The molecule has 29 heavy (non-hydrogen) atoms. The molecule has 2 atom stereocenters. The van der Waals surface area contributed by atoms with Gasteiger partial charge >= 0.3 is 0 Å². The molecule has 0 bridgehead atoms. The predicted octanol–water partition coefficient (Wildman–Crippen LogP) is 3.37. The smallest absolute Gasteiger partial charge is 0.270 e. The summed E-state index contributed by atoms with van der Waals surface area (Å²) in [5.74, 6) is -0.399. The SMILES string of the molecule is C[C@H](/C=C/S(C)(=O)=O)NC(=O)c1cc2cnn([C@@H](C)c3ccccc3Cl)c2cn1. The van der Waals surface area contributed by atoms with Gasteiger partial charge in [-0.05, 0) is 31.5 Å². The zero-order valence-electron chi connectivity index (χ0n) is 16.2. The lowest BCUT2D eigenvalue weighted by Gasteiger charge is -2.15. The molecular weight excluding hydrogens is 412 g/mol. The van der Waals surface area contributed by atoms with Crippen LogP contribution >= 0.6 is 11.6 Å². The van der Waals surface area contributed by atoms with Crippen LogP contribution in [0.1, 0.15) is 35.9 Å². The normalized spacial score (nSPS) is 14.2. The van der Waals surface area contributed by atoms with Crippen LogP contribution in [0, 0.1) is 0 Å². The number of pyridine rings is 1. The van der Waals surface area contributed by atoms with Crippen LogP contribution in [0.2, 0.25) is 5.02 Å². The highest BCUT2D eigenvalue weighted by Gasteiger charge is 2.17. The van der Waals surface area contributed by atoms with E-state index in [1.165, 1.54) is 6.08 Å². The number of carbonyl (C=O) groups excluding carboxylic acids is 1. The number of sulfone groups is 1. The molecule has 1 N–H and O–H groups in total. The van der Waals surface area contributed by atoms with Gasteiger partial charge in [-0.25, -0.2) is 13.4 Å². The third kappa shape index (κ3) is 5.02. The van der Waals surface area contributed by atoms with Crippen LogP contribution in [0.25, 0.3) is 10.9 Å². The molecule has 0 aliphatic carbocycles. The zero-order valence-corrected chi connectivity index (χ0v) is 17.8. The first-order valence-corrected chi connectivity index (χ1v) is 11.3. The number of aromatic nitrogens is 3. The number of amides is 1. The Kier molecular flexibility index (Phi) is 6.04. The van der Waals surface area contributed by atoms with Crippen molar-refractivity contribution >= 4 is 38.2 Å². The molecule has 9 heteroatoms. The van der Waals surface area contributed by atoms with Gasteiger partial charge in [-0.1, -0.05) is 35.9 Å². The first kappa shape index (κ1) is 21.0. The minimum absolute atomic E-state index is 0.108. The number of carbonyl (C=O) groups is 1. The predicted molar refractivity (Wildman–Crippen MR) is 114 cm³/mol. The van der Waals surface area contributed by atoms with Crippen molar-refractivity contribution in [2.75, 3.05) is 6.26 Å². The Labute approximate surface area is 174 Å². The number of halogens is 1. The van der Waals surface area contributed by atoms with E-state index in [-0.39, 0.29) is 11.7 Å². The molecule has 1 amide bonds. The van der Waals surface area contributed by atoms with E-state index >= 15 is 0 Å². The first-order valence-electron chi connectivity index (χ1n) is 8.92. The van der Waals surface area contributed by atoms with E-state index in [2.05, 4.69) is 15.4 Å². The number of rotatable bonds is 6. The van der Waals surface area contributed by atoms with Crippen LogP contribution in [0.15, 0.2) is 54.2 Å². The average molecular weight is 433 g/mol. The van der Waals surface area contributed by atoms with Gasteiger partial charge in [0.2, 0.25) is 0 Å². The Bertz CT molecular complexity index is 1190. The molecule has 1 aromatic carbocycles. The van der Waals surface area contributed by atoms with Crippen molar-refractivity contribution in [2.24, 2.45) is 0 Å². The van der Waals surface area contributed by atoms with Crippen molar-refractivity contribution in [1.82, 2.24) is 20.1 Å². The molecule has 2 aromatic heterocycles. The maximum absolute atomic E-state index is 12.4. The maximum Gasteiger partial charge on any atom is 0.270 e. The summed E-state index contributed by atoms with van der Waals surface area (Å²) in [6.07, 6.45) is 5.78. The van der Waals surface area contributed by atoms with E-state index in [1.54, 1.807) is 25.4 Å². The van der Waals surface area contributed by atoms with Crippen molar-refractivity contribution in [1.29, 1.82) is 0 Å². The highest BCUT2D eigenvalue weighted by molar-refractivity contribution is 7.93. The first-order chi connectivity index (χ1) is 13.7. The Balaban J connectivity index is 1.82. The highest BCUT2D eigenvalue weighted by atomic mass is 35.5. The van der Waals surface area contributed by atoms with E-state index in [0.717, 1.165) is 28.1 Å². The van der Waals surface area contributed by atoms with E-state index < -0.39 is 21.8 Å². The fourth-order valence-corrected chi connectivity index (χ4v) is 3.73. The van der Waals surface area contributed by atoms with Gasteiger partial charge in [-0.2, -0.15) is 5.10 Å². The molecule has 3 aromatic rings. The lowest BCUT2D eigenvalue weighted by molar-refractivity contribution is 0.0942. The van der Waals surface area contributed by atoms with Crippen LogP contribution in [-0.2, 0) is 9.84 Å². The average Bonchev–Trinajstić information content (AvgIpc) is 3.09.